The maximum atomic E-state index is 13.6. The highest BCUT2D eigenvalue weighted by atomic mass is 19.1. The van der Waals surface area contributed by atoms with Crippen molar-refractivity contribution in [2.24, 2.45) is 11.8 Å². The normalized spacial score (nSPS) is 24.7. The molecule has 0 amide bonds. The summed E-state index contributed by atoms with van der Waals surface area (Å²) in [4.78, 5) is 11.4. The molecular weight excluding hydrogens is 245 g/mol. The first kappa shape index (κ1) is 13.8. The van der Waals surface area contributed by atoms with Crippen LogP contribution in [0.4, 0.5) is 10.1 Å². The van der Waals surface area contributed by atoms with Crippen LogP contribution in [0.15, 0.2) is 24.3 Å². The molecule has 1 aliphatic carbocycles. The van der Waals surface area contributed by atoms with Gasteiger partial charge in [-0.2, -0.15) is 0 Å². The van der Waals surface area contributed by atoms with Gasteiger partial charge in [-0.25, -0.2) is 9.18 Å². The predicted octanol–water partition coefficient (Wildman–Crippen LogP) is 3.52. The van der Waals surface area contributed by atoms with Crippen molar-refractivity contribution in [2.45, 2.75) is 38.6 Å². The molecule has 0 saturated heterocycles. The van der Waals surface area contributed by atoms with Crippen molar-refractivity contribution in [1.29, 1.82) is 0 Å². The highest BCUT2D eigenvalue weighted by molar-refractivity contribution is 5.77. The Labute approximate surface area is 112 Å². The fourth-order valence-electron chi connectivity index (χ4n) is 2.91. The SMILES string of the molecule is CC1CCCC(C(Nc2ccccc2F)C(=O)O)C1. The predicted molar refractivity (Wildman–Crippen MR) is 72.6 cm³/mol. The van der Waals surface area contributed by atoms with Gasteiger partial charge < -0.3 is 10.4 Å². The van der Waals surface area contributed by atoms with E-state index < -0.39 is 17.8 Å². The van der Waals surface area contributed by atoms with Crippen molar-refractivity contribution >= 4 is 11.7 Å². The number of carboxylic acid groups (broad SMARTS) is 1. The second-order valence-corrected chi connectivity index (χ2v) is 5.47. The van der Waals surface area contributed by atoms with Gasteiger partial charge in [0.05, 0.1) is 5.69 Å². The highest BCUT2D eigenvalue weighted by Crippen LogP contribution is 2.32. The molecule has 4 heteroatoms. The molecule has 19 heavy (non-hydrogen) atoms. The molecule has 2 rings (SSSR count). The summed E-state index contributed by atoms with van der Waals surface area (Å²) in [6.45, 7) is 2.15. The van der Waals surface area contributed by atoms with Gasteiger partial charge in [0, 0.05) is 0 Å². The monoisotopic (exact) mass is 265 g/mol. The number of hydrogen-bond donors (Lipinski definition) is 2. The number of para-hydroxylation sites is 1. The molecule has 1 saturated carbocycles. The van der Waals surface area contributed by atoms with Gasteiger partial charge in [-0.15, -0.1) is 0 Å². The standard InChI is InChI=1S/C15H20FNO2/c1-10-5-4-6-11(9-10)14(15(18)19)17-13-8-3-2-7-12(13)16/h2-3,7-8,10-11,14,17H,4-6,9H2,1H3,(H,18,19). The van der Waals surface area contributed by atoms with E-state index in [9.17, 15) is 14.3 Å². The fourth-order valence-corrected chi connectivity index (χ4v) is 2.91. The number of nitrogens with one attached hydrogen (secondary N) is 1. The third-order valence-electron chi connectivity index (χ3n) is 3.90. The zero-order chi connectivity index (χ0) is 13.8. The van der Waals surface area contributed by atoms with Gasteiger partial charge in [-0.3, -0.25) is 0 Å². The molecule has 0 bridgehead atoms. The van der Waals surface area contributed by atoms with Crippen LogP contribution in [-0.4, -0.2) is 17.1 Å². The largest absolute Gasteiger partial charge is 0.480 e. The number of carboxylic acids is 1. The quantitative estimate of drug-likeness (QED) is 0.875. The Kier molecular flexibility index (Phi) is 4.40. The van der Waals surface area contributed by atoms with Crippen LogP contribution in [0.5, 0.6) is 0 Å². The summed E-state index contributed by atoms with van der Waals surface area (Å²) in [6.07, 6.45) is 3.98. The van der Waals surface area contributed by atoms with Crippen molar-refractivity contribution < 1.29 is 14.3 Å². The lowest BCUT2D eigenvalue weighted by molar-refractivity contribution is -0.139. The third-order valence-corrected chi connectivity index (χ3v) is 3.90. The minimum atomic E-state index is -0.901. The number of benzene rings is 1. The number of halogens is 1. The number of carbonyl (C=O) groups is 1. The molecule has 1 fully saturated rings. The fraction of sp³-hybridized carbons (Fsp3) is 0.533. The van der Waals surface area contributed by atoms with Crippen LogP contribution in [0, 0.1) is 17.7 Å². The summed E-state index contributed by atoms with van der Waals surface area (Å²) in [5.74, 6) is -0.691. The summed E-state index contributed by atoms with van der Waals surface area (Å²) in [7, 11) is 0. The average molecular weight is 265 g/mol. The van der Waals surface area contributed by atoms with Gasteiger partial charge in [-0.1, -0.05) is 31.9 Å². The lowest BCUT2D eigenvalue weighted by atomic mass is 9.78. The van der Waals surface area contributed by atoms with Crippen molar-refractivity contribution in [1.82, 2.24) is 0 Å². The van der Waals surface area contributed by atoms with E-state index in [1.807, 2.05) is 0 Å². The van der Waals surface area contributed by atoms with Crippen LogP contribution in [0.2, 0.25) is 0 Å². The molecule has 1 aliphatic rings. The number of rotatable bonds is 4. The van der Waals surface area contributed by atoms with Gasteiger partial charge in [0.15, 0.2) is 0 Å². The van der Waals surface area contributed by atoms with E-state index in [1.165, 1.54) is 6.07 Å². The zero-order valence-electron chi connectivity index (χ0n) is 11.1. The first-order valence-corrected chi connectivity index (χ1v) is 6.82. The molecule has 3 nitrogen and oxygen atoms in total. The summed E-state index contributed by atoms with van der Waals surface area (Å²) in [6, 6.07) is 5.51. The second-order valence-electron chi connectivity index (χ2n) is 5.47. The van der Waals surface area contributed by atoms with Gasteiger partial charge in [-0.05, 0) is 36.8 Å². The number of anilines is 1. The van der Waals surface area contributed by atoms with E-state index in [2.05, 4.69) is 12.2 Å². The first-order valence-electron chi connectivity index (χ1n) is 6.82. The Bertz CT molecular complexity index is 450. The smallest absolute Gasteiger partial charge is 0.326 e. The van der Waals surface area contributed by atoms with E-state index in [0.29, 0.717) is 5.92 Å². The van der Waals surface area contributed by atoms with E-state index in [-0.39, 0.29) is 11.6 Å². The van der Waals surface area contributed by atoms with Crippen molar-refractivity contribution in [2.75, 3.05) is 5.32 Å². The number of aliphatic carboxylic acids is 1. The Balaban J connectivity index is 2.12. The Morgan fingerprint density at radius 1 is 1.42 bits per heavy atom. The molecule has 2 N–H and O–H groups in total. The first-order chi connectivity index (χ1) is 9.08. The lowest BCUT2D eigenvalue weighted by Gasteiger charge is -2.32. The van der Waals surface area contributed by atoms with E-state index in [1.54, 1.807) is 18.2 Å². The summed E-state index contributed by atoms with van der Waals surface area (Å²) in [5, 5.41) is 12.2. The molecule has 1 aromatic carbocycles. The van der Waals surface area contributed by atoms with Crippen LogP contribution in [0.3, 0.4) is 0 Å². The van der Waals surface area contributed by atoms with Crippen LogP contribution < -0.4 is 5.32 Å². The van der Waals surface area contributed by atoms with Crippen LogP contribution >= 0.6 is 0 Å². The molecule has 1 aromatic rings. The lowest BCUT2D eigenvalue weighted by Crippen LogP contribution is -2.39. The topological polar surface area (TPSA) is 49.3 Å². The Morgan fingerprint density at radius 2 is 2.16 bits per heavy atom. The van der Waals surface area contributed by atoms with E-state index in [0.717, 1.165) is 25.7 Å². The van der Waals surface area contributed by atoms with Crippen molar-refractivity contribution in [3.05, 3.63) is 30.1 Å². The Morgan fingerprint density at radius 3 is 2.79 bits per heavy atom. The maximum Gasteiger partial charge on any atom is 0.326 e. The van der Waals surface area contributed by atoms with Gasteiger partial charge in [0.2, 0.25) is 0 Å². The molecule has 0 aliphatic heterocycles. The number of hydrogen-bond acceptors (Lipinski definition) is 2. The molecule has 3 atom stereocenters. The molecular formula is C15H20FNO2. The van der Waals surface area contributed by atoms with Crippen LogP contribution in [-0.2, 0) is 4.79 Å². The van der Waals surface area contributed by atoms with Crippen LogP contribution in [0.25, 0.3) is 0 Å². The Hall–Kier alpha value is -1.58. The summed E-state index contributed by atoms with van der Waals surface area (Å²) >= 11 is 0. The van der Waals surface area contributed by atoms with E-state index in [4.69, 9.17) is 0 Å². The molecule has 0 radical (unpaired) electrons. The van der Waals surface area contributed by atoms with Crippen LogP contribution in [0.1, 0.15) is 32.6 Å². The average Bonchev–Trinajstić information content (AvgIpc) is 2.37. The minimum Gasteiger partial charge on any atom is -0.480 e. The summed E-state index contributed by atoms with van der Waals surface area (Å²) in [5.41, 5.74) is 0.271. The van der Waals surface area contributed by atoms with Crippen molar-refractivity contribution in [3.63, 3.8) is 0 Å². The van der Waals surface area contributed by atoms with E-state index >= 15 is 0 Å². The zero-order valence-corrected chi connectivity index (χ0v) is 11.1. The molecule has 104 valence electrons. The van der Waals surface area contributed by atoms with Gasteiger partial charge in [0.25, 0.3) is 0 Å². The molecule has 0 aromatic heterocycles. The second kappa shape index (κ2) is 6.04. The third kappa shape index (κ3) is 3.46. The highest BCUT2D eigenvalue weighted by Gasteiger charge is 2.31. The minimum absolute atomic E-state index is 0.0702. The molecule has 0 heterocycles. The summed E-state index contributed by atoms with van der Waals surface area (Å²) < 4.78 is 13.6. The van der Waals surface area contributed by atoms with Crippen molar-refractivity contribution in [3.8, 4) is 0 Å². The maximum absolute atomic E-state index is 13.6. The van der Waals surface area contributed by atoms with Gasteiger partial charge >= 0.3 is 5.97 Å². The van der Waals surface area contributed by atoms with Gasteiger partial charge in [0.1, 0.15) is 11.9 Å². The molecule has 0 spiro atoms. The molecule has 3 unspecified atom stereocenters.